The van der Waals surface area contributed by atoms with Gasteiger partial charge in [-0.2, -0.15) is 0 Å². The van der Waals surface area contributed by atoms with Crippen molar-refractivity contribution >= 4 is 11.8 Å². The Bertz CT molecular complexity index is 286. The molecule has 0 unspecified atom stereocenters. The van der Waals surface area contributed by atoms with Gasteiger partial charge in [-0.15, -0.1) is 0 Å². The predicted octanol–water partition coefficient (Wildman–Crippen LogP) is 0.751. The maximum Gasteiger partial charge on any atom is 0.236 e. The van der Waals surface area contributed by atoms with Crippen LogP contribution in [0.3, 0.4) is 0 Å². The van der Waals surface area contributed by atoms with Crippen LogP contribution in [0, 0.1) is 5.92 Å². The SMILES string of the molecule is CCCCNC(=O)C1CCN(C(=O)CNCC)CC1. The van der Waals surface area contributed by atoms with Crippen molar-refractivity contribution in [1.82, 2.24) is 15.5 Å². The summed E-state index contributed by atoms with van der Waals surface area (Å²) in [5.74, 6) is 0.388. The first-order chi connectivity index (χ1) is 9.19. The second-order valence-electron chi connectivity index (χ2n) is 5.08. The van der Waals surface area contributed by atoms with Gasteiger partial charge in [-0.3, -0.25) is 9.59 Å². The average Bonchev–Trinajstić information content (AvgIpc) is 2.45. The molecule has 0 radical (unpaired) electrons. The normalized spacial score (nSPS) is 16.4. The number of carbonyl (C=O) groups is 2. The zero-order valence-corrected chi connectivity index (χ0v) is 12.2. The molecule has 1 rings (SSSR count). The highest BCUT2D eigenvalue weighted by Crippen LogP contribution is 2.17. The van der Waals surface area contributed by atoms with Crippen molar-refractivity contribution in [2.75, 3.05) is 32.7 Å². The second kappa shape index (κ2) is 8.91. The molecule has 5 heteroatoms. The van der Waals surface area contributed by atoms with Gasteiger partial charge in [0.05, 0.1) is 6.54 Å². The summed E-state index contributed by atoms with van der Waals surface area (Å²) in [5.41, 5.74) is 0. The quantitative estimate of drug-likeness (QED) is 0.671. The highest BCUT2D eigenvalue weighted by atomic mass is 16.2. The Balaban J connectivity index is 2.24. The van der Waals surface area contributed by atoms with Gasteiger partial charge in [-0.1, -0.05) is 20.3 Å². The van der Waals surface area contributed by atoms with Crippen molar-refractivity contribution in [2.24, 2.45) is 5.92 Å². The fourth-order valence-electron chi connectivity index (χ4n) is 2.27. The smallest absolute Gasteiger partial charge is 0.236 e. The lowest BCUT2D eigenvalue weighted by atomic mass is 9.96. The molecule has 19 heavy (non-hydrogen) atoms. The predicted molar refractivity (Wildman–Crippen MR) is 75.8 cm³/mol. The standard InChI is InChI=1S/C14H27N3O2/c1-3-5-8-16-14(19)12-6-9-17(10-7-12)13(18)11-15-4-2/h12,15H,3-11H2,1-2H3,(H,16,19). The third-order valence-corrected chi connectivity index (χ3v) is 3.57. The Morgan fingerprint density at radius 2 is 1.89 bits per heavy atom. The molecule has 5 nitrogen and oxygen atoms in total. The Hall–Kier alpha value is -1.10. The summed E-state index contributed by atoms with van der Waals surface area (Å²) in [6.07, 6.45) is 3.70. The van der Waals surface area contributed by atoms with Crippen LogP contribution in [0.15, 0.2) is 0 Å². The van der Waals surface area contributed by atoms with Crippen LogP contribution in [0.4, 0.5) is 0 Å². The topological polar surface area (TPSA) is 61.4 Å². The van der Waals surface area contributed by atoms with Crippen molar-refractivity contribution in [1.29, 1.82) is 0 Å². The third-order valence-electron chi connectivity index (χ3n) is 3.57. The molecule has 1 fully saturated rings. The number of nitrogens with zero attached hydrogens (tertiary/aromatic N) is 1. The van der Waals surface area contributed by atoms with E-state index in [1.165, 1.54) is 0 Å². The zero-order valence-electron chi connectivity index (χ0n) is 12.2. The summed E-state index contributed by atoms with van der Waals surface area (Å²) in [5, 5.41) is 6.02. The minimum Gasteiger partial charge on any atom is -0.356 e. The molecule has 0 aromatic carbocycles. The summed E-state index contributed by atoms with van der Waals surface area (Å²) < 4.78 is 0. The van der Waals surface area contributed by atoms with Crippen molar-refractivity contribution in [2.45, 2.75) is 39.5 Å². The summed E-state index contributed by atoms with van der Waals surface area (Å²) in [7, 11) is 0. The highest BCUT2D eigenvalue weighted by Gasteiger charge is 2.26. The van der Waals surface area contributed by atoms with Crippen molar-refractivity contribution in [3.63, 3.8) is 0 Å². The molecule has 0 spiro atoms. The summed E-state index contributed by atoms with van der Waals surface area (Å²) >= 11 is 0. The monoisotopic (exact) mass is 269 g/mol. The molecule has 1 saturated heterocycles. The molecule has 1 aliphatic heterocycles. The number of unbranched alkanes of at least 4 members (excludes halogenated alkanes) is 1. The van der Waals surface area contributed by atoms with Crippen LogP contribution in [0.2, 0.25) is 0 Å². The Morgan fingerprint density at radius 3 is 2.47 bits per heavy atom. The van der Waals surface area contributed by atoms with Gasteiger partial charge in [0, 0.05) is 25.6 Å². The van der Waals surface area contributed by atoms with Crippen LogP contribution < -0.4 is 10.6 Å². The van der Waals surface area contributed by atoms with Crippen LogP contribution in [-0.4, -0.2) is 49.4 Å². The van der Waals surface area contributed by atoms with Gasteiger partial charge >= 0.3 is 0 Å². The third kappa shape index (κ3) is 5.59. The number of hydrogen-bond donors (Lipinski definition) is 2. The number of likely N-dealkylation sites (tertiary alicyclic amines) is 1. The molecule has 110 valence electrons. The minimum absolute atomic E-state index is 0.0834. The molecule has 0 atom stereocenters. The zero-order chi connectivity index (χ0) is 14.1. The van der Waals surface area contributed by atoms with E-state index in [1.807, 2.05) is 11.8 Å². The molecule has 2 N–H and O–H groups in total. The first kappa shape index (κ1) is 16.0. The Labute approximate surface area is 116 Å². The molecule has 0 aliphatic carbocycles. The van der Waals surface area contributed by atoms with E-state index in [0.717, 1.165) is 38.8 Å². The maximum absolute atomic E-state index is 11.9. The first-order valence-electron chi connectivity index (χ1n) is 7.45. The van der Waals surface area contributed by atoms with Crippen LogP contribution in [0.25, 0.3) is 0 Å². The van der Waals surface area contributed by atoms with E-state index < -0.39 is 0 Å². The molecular formula is C14H27N3O2. The van der Waals surface area contributed by atoms with E-state index in [2.05, 4.69) is 17.6 Å². The maximum atomic E-state index is 11.9. The number of rotatable bonds is 7. The van der Waals surface area contributed by atoms with Crippen molar-refractivity contribution < 1.29 is 9.59 Å². The van der Waals surface area contributed by atoms with E-state index in [9.17, 15) is 9.59 Å². The van der Waals surface area contributed by atoms with E-state index in [1.54, 1.807) is 0 Å². The van der Waals surface area contributed by atoms with E-state index in [-0.39, 0.29) is 17.7 Å². The number of hydrogen-bond acceptors (Lipinski definition) is 3. The van der Waals surface area contributed by atoms with Gasteiger partial charge in [0.2, 0.25) is 11.8 Å². The van der Waals surface area contributed by atoms with Crippen LogP contribution in [-0.2, 0) is 9.59 Å². The Kier molecular flexibility index (Phi) is 7.48. The molecular weight excluding hydrogens is 242 g/mol. The molecule has 0 aromatic heterocycles. The molecule has 1 heterocycles. The lowest BCUT2D eigenvalue weighted by Gasteiger charge is -2.31. The van der Waals surface area contributed by atoms with Crippen LogP contribution >= 0.6 is 0 Å². The summed E-state index contributed by atoms with van der Waals surface area (Å²) in [6.45, 7) is 7.49. The summed E-state index contributed by atoms with van der Waals surface area (Å²) in [6, 6.07) is 0. The summed E-state index contributed by atoms with van der Waals surface area (Å²) in [4.78, 5) is 25.6. The molecule has 0 saturated carbocycles. The number of amides is 2. The van der Waals surface area contributed by atoms with Gasteiger partial charge in [0.15, 0.2) is 0 Å². The molecule has 0 aromatic rings. The average molecular weight is 269 g/mol. The number of piperidine rings is 1. The second-order valence-corrected chi connectivity index (χ2v) is 5.08. The van der Waals surface area contributed by atoms with Crippen molar-refractivity contribution in [3.8, 4) is 0 Å². The largest absolute Gasteiger partial charge is 0.356 e. The fourth-order valence-corrected chi connectivity index (χ4v) is 2.27. The van der Waals surface area contributed by atoms with E-state index in [4.69, 9.17) is 0 Å². The molecule has 0 bridgehead atoms. The van der Waals surface area contributed by atoms with Crippen molar-refractivity contribution in [3.05, 3.63) is 0 Å². The van der Waals surface area contributed by atoms with Gasteiger partial charge in [0.25, 0.3) is 0 Å². The van der Waals surface area contributed by atoms with E-state index >= 15 is 0 Å². The van der Waals surface area contributed by atoms with Crippen LogP contribution in [0.1, 0.15) is 39.5 Å². The fraction of sp³-hybridized carbons (Fsp3) is 0.857. The lowest BCUT2D eigenvalue weighted by molar-refractivity contribution is -0.134. The van der Waals surface area contributed by atoms with Gasteiger partial charge in [-0.25, -0.2) is 0 Å². The Morgan fingerprint density at radius 1 is 1.21 bits per heavy atom. The van der Waals surface area contributed by atoms with Gasteiger partial charge < -0.3 is 15.5 Å². The number of likely N-dealkylation sites (N-methyl/N-ethyl adjacent to an activating group) is 1. The van der Waals surface area contributed by atoms with Gasteiger partial charge in [-0.05, 0) is 25.8 Å². The first-order valence-corrected chi connectivity index (χ1v) is 7.45. The lowest BCUT2D eigenvalue weighted by Crippen LogP contribution is -2.45. The molecule has 2 amide bonds. The highest BCUT2D eigenvalue weighted by molar-refractivity contribution is 5.80. The number of carbonyl (C=O) groups excluding carboxylic acids is 2. The van der Waals surface area contributed by atoms with E-state index in [0.29, 0.717) is 19.6 Å². The molecule has 1 aliphatic rings. The van der Waals surface area contributed by atoms with Gasteiger partial charge in [0.1, 0.15) is 0 Å². The number of nitrogens with one attached hydrogen (secondary N) is 2. The van der Waals surface area contributed by atoms with Crippen LogP contribution in [0.5, 0.6) is 0 Å². The minimum atomic E-state index is 0.0834.